The summed E-state index contributed by atoms with van der Waals surface area (Å²) in [5.74, 6) is -1.58. The second kappa shape index (κ2) is 6.83. The van der Waals surface area contributed by atoms with Gasteiger partial charge in [0.25, 0.3) is 0 Å². The summed E-state index contributed by atoms with van der Waals surface area (Å²) >= 11 is 0. The smallest absolute Gasteiger partial charge is 0.340 e. The Balaban J connectivity index is 2.25. The van der Waals surface area contributed by atoms with Gasteiger partial charge < -0.3 is 4.74 Å². The summed E-state index contributed by atoms with van der Waals surface area (Å²) in [7, 11) is 1.16. The molecule has 0 spiro atoms. The van der Waals surface area contributed by atoms with Gasteiger partial charge in [0.15, 0.2) is 0 Å². The van der Waals surface area contributed by atoms with Crippen LogP contribution >= 0.6 is 0 Å². The Labute approximate surface area is 123 Å². The largest absolute Gasteiger partial charge is 0.465 e. The average molecular weight is 294 g/mol. The van der Waals surface area contributed by atoms with Crippen molar-refractivity contribution in [1.29, 1.82) is 0 Å². The molecule has 0 saturated heterocycles. The summed E-state index contributed by atoms with van der Waals surface area (Å²) in [6.45, 7) is 1.97. The normalized spacial score (nSPS) is 17.8. The number of carbonyl (C=O) groups excluding carboxylic acids is 1. The number of methoxy groups -OCH3 is 1. The topological polar surface area (TPSA) is 26.3 Å². The van der Waals surface area contributed by atoms with Gasteiger partial charge in [0.2, 0.25) is 0 Å². The lowest BCUT2D eigenvalue weighted by Gasteiger charge is -2.25. The van der Waals surface area contributed by atoms with Crippen LogP contribution in [0.15, 0.2) is 18.2 Å². The quantitative estimate of drug-likeness (QED) is 0.614. The van der Waals surface area contributed by atoms with E-state index >= 15 is 0 Å². The molecule has 0 radical (unpaired) electrons. The first-order valence-electron chi connectivity index (χ1n) is 7.27. The highest BCUT2D eigenvalue weighted by atomic mass is 19.1. The fraction of sp³-hybridized carbons (Fsp3) is 0.471. The van der Waals surface area contributed by atoms with Crippen molar-refractivity contribution in [3.05, 3.63) is 46.5 Å². The maximum atomic E-state index is 14.3. The molecular formula is C17H20F2O2. The van der Waals surface area contributed by atoms with E-state index in [4.69, 9.17) is 0 Å². The van der Waals surface area contributed by atoms with E-state index in [0.29, 0.717) is 29.9 Å². The van der Waals surface area contributed by atoms with Crippen LogP contribution in [0.3, 0.4) is 0 Å². The summed E-state index contributed by atoms with van der Waals surface area (Å²) in [5, 5.41) is 0. The van der Waals surface area contributed by atoms with Crippen molar-refractivity contribution in [3.8, 4) is 0 Å². The van der Waals surface area contributed by atoms with Crippen molar-refractivity contribution < 1.29 is 18.3 Å². The fourth-order valence-electron chi connectivity index (χ4n) is 2.94. The number of rotatable bonds is 4. The maximum absolute atomic E-state index is 14.3. The highest BCUT2D eigenvalue weighted by molar-refractivity contribution is 5.90. The predicted molar refractivity (Wildman–Crippen MR) is 77.3 cm³/mol. The second-order valence-corrected chi connectivity index (χ2v) is 5.42. The molecular weight excluding hydrogens is 274 g/mol. The molecule has 4 heteroatoms. The van der Waals surface area contributed by atoms with Crippen LogP contribution in [0.2, 0.25) is 0 Å². The number of fused-ring (bicyclic) bond motifs is 1. The Kier molecular flexibility index (Phi) is 5.10. The second-order valence-electron chi connectivity index (χ2n) is 5.42. The van der Waals surface area contributed by atoms with Crippen molar-refractivity contribution >= 4 is 5.97 Å². The summed E-state index contributed by atoms with van der Waals surface area (Å²) in [4.78, 5) is 11.5. The highest BCUT2D eigenvalue weighted by Gasteiger charge is 2.27. The van der Waals surface area contributed by atoms with Gasteiger partial charge in [0.05, 0.1) is 12.7 Å². The van der Waals surface area contributed by atoms with Gasteiger partial charge in [-0.2, -0.15) is 0 Å². The zero-order chi connectivity index (χ0) is 15.4. The Morgan fingerprint density at radius 1 is 1.43 bits per heavy atom. The van der Waals surface area contributed by atoms with E-state index in [1.54, 1.807) is 0 Å². The van der Waals surface area contributed by atoms with Gasteiger partial charge in [-0.15, -0.1) is 0 Å². The Hall–Kier alpha value is -1.71. The average Bonchev–Trinajstić information content (AvgIpc) is 2.50. The summed E-state index contributed by atoms with van der Waals surface area (Å²) in [6.07, 6.45) is 7.86. The van der Waals surface area contributed by atoms with Gasteiger partial charge in [-0.1, -0.05) is 12.2 Å². The number of esters is 1. The number of hydrogen-bond donors (Lipinski definition) is 0. The van der Waals surface area contributed by atoms with Crippen LogP contribution in [0.1, 0.15) is 47.7 Å². The van der Waals surface area contributed by atoms with Gasteiger partial charge in [-0.05, 0) is 62.1 Å². The minimum atomic E-state index is -0.829. The molecule has 1 aromatic carbocycles. The van der Waals surface area contributed by atoms with Crippen LogP contribution in [0.4, 0.5) is 8.78 Å². The molecule has 0 saturated carbocycles. The first-order valence-corrected chi connectivity index (χ1v) is 7.27. The van der Waals surface area contributed by atoms with Crippen LogP contribution in [0.25, 0.3) is 0 Å². The third-order valence-electron chi connectivity index (χ3n) is 4.10. The van der Waals surface area contributed by atoms with E-state index in [2.05, 4.69) is 10.8 Å². The zero-order valence-electron chi connectivity index (χ0n) is 12.4. The standard InChI is InChI=1S/C17H20F2O2/c1-3-4-5-6-11-7-8-12-13(9-11)15(18)10-14(16(12)19)17(20)21-2/h3-4,10-11H,5-9H2,1-2H3/b4-3+. The SMILES string of the molecule is C/C=C/CCC1CCc2c(F)c(C(=O)OC)cc(F)c2C1. The molecule has 0 fully saturated rings. The maximum Gasteiger partial charge on any atom is 0.340 e. The van der Waals surface area contributed by atoms with Gasteiger partial charge in [-0.25, -0.2) is 13.6 Å². The molecule has 2 nitrogen and oxygen atoms in total. The fourth-order valence-corrected chi connectivity index (χ4v) is 2.94. The molecule has 0 aromatic heterocycles. The number of carbonyl (C=O) groups is 1. The van der Waals surface area contributed by atoms with Crippen molar-refractivity contribution in [2.75, 3.05) is 7.11 Å². The minimum absolute atomic E-state index is 0.305. The third-order valence-corrected chi connectivity index (χ3v) is 4.10. The van der Waals surface area contributed by atoms with Crippen molar-refractivity contribution in [1.82, 2.24) is 0 Å². The number of ether oxygens (including phenoxy) is 1. The Morgan fingerprint density at radius 2 is 2.19 bits per heavy atom. The lowest BCUT2D eigenvalue weighted by Crippen LogP contribution is -2.19. The minimum Gasteiger partial charge on any atom is -0.465 e. The summed E-state index contributed by atoms with van der Waals surface area (Å²) in [6, 6.07) is 0.967. The number of hydrogen-bond acceptors (Lipinski definition) is 2. The summed E-state index contributed by atoms with van der Waals surface area (Å²) in [5.41, 5.74) is 0.468. The van der Waals surface area contributed by atoms with Gasteiger partial charge >= 0.3 is 5.97 Å². The van der Waals surface area contributed by atoms with E-state index in [9.17, 15) is 13.6 Å². The Morgan fingerprint density at radius 3 is 2.86 bits per heavy atom. The van der Waals surface area contributed by atoms with Crippen LogP contribution in [0.5, 0.6) is 0 Å². The first kappa shape index (κ1) is 15.7. The van der Waals surface area contributed by atoms with Crippen LogP contribution in [-0.2, 0) is 17.6 Å². The molecule has 0 N–H and O–H groups in total. The van der Waals surface area contributed by atoms with E-state index in [1.165, 1.54) is 0 Å². The monoisotopic (exact) mass is 294 g/mol. The van der Waals surface area contributed by atoms with Gasteiger partial charge in [0.1, 0.15) is 11.6 Å². The van der Waals surface area contributed by atoms with E-state index in [1.807, 2.05) is 13.0 Å². The highest BCUT2D eigenvalue weighted by Crippen LogP contribution is 2.33. The molecule has 1 aliphatic carbocycles. The molecule has 0 bridgehead atoms. The van der Waals surface area contributed by atoms with Crippen LogP contribution in [0, 0.1) is 17.6 Å². The molecule has 114 valence electrons. The summed E-state index contributed by atoms with van der Waals surface area (Å²) < 4.78 is 33.0. The molecule has 0 aliphatic heterocycles. The molecule has 21 heavy (non-hydrogen) atoms. The van der Waals surface area contributed by atoms with Gasteiger partial charge in [0, 0.05) is 0 Å². The van der Waals surface area contributed by atoms with Crippen molar-refractivity contribution in [2.24, 2.45) is 5.92 Å². The third kappa shape index (κ3) is 3.31. The molecule has 1 aliphatic rings. The molecule has 1 unspecified atom stereocenters. The lowest BCUT2D eigenvalue weighted by molar-refractivity contribution is 0.0594. The first-order chi connectivity index (χ1) is 10.1. The van der Waals surface area contributed by atoms with E-state index in [0.717, 1.165) is 32.4 Å². The number of halogens is 2. The number of allylic oxidation sites excluding steroid dienone is 2. The van der Waals surface area contributed by atoms with E-state index in [-0.39, 0.29) is 5.56 Å². The van der Waals surface area contributed by atoms with Crippen molar-refractivity contribution in [3.63, 3.8) is 0 Å². The lowest BCUT2D eigenvalue weighted by atomic mass is 9.80. The van der Waals surface area contributed by atoms with Crippen LogP contribution in [-0.4, -0.2) is 13.1 Å². The van der Waals surface area contributed by atoms with Gasteiger partial charge in [-0.3, -0.25) is 0 Å². The molecule has 0 heterocycles. The molecule has 2 rings (SSSR count). The van der Waals surface area contributed by atoms with E-state index < -0.39 is 17.6 Å². The number of benzene rings is 1. The molecule has 1 atom stereocenters. The molecule has 0 amide bonds. The van der Waals surface area contributed by atoms with Crippen molar-refractivity contribution in [2.45, 2.75) is 39.0 Å². The zero-order valence-corrected chi connectivity index (χ0v) is 12.4. The Bertz CT molecular complexity index is 564. The van der Waals surface area contributed by atoms with Crippen LogP contribution < -0.4 is 0 Å². The molecule has 1 aromatic rings. The predicted octanol–water partition coefficient (Wildman–Crippen LogP) is 4.21.